The summed E-state index contributed by atoms with van der Waals surface area (Å²) in [5, 5.41) is 15.4. The Bertz CT molecular complexity index is 1680. The number of benzene rings is 4. The molecule has 6 rings (SSSR count). The van der Waals surface area contributed by atoms with Crippen molar-refractivity contribution >= 4 is 47.1 Å². The molecule has 1 radical (unpaired) electrons. The SMILES string of the molecule is CC1(C)c2cc([B]OC(C)(C)C(C)(C)O)c3ccccc3c2-c2c1cc(B1OC(C)(C)C(C)(C)O1)c1ccccc21. The van der Waals surface area contributed by atoms with Gasteiger partial charge in [-0.25, -0.2) is 0 Å². The van der Waals surface area contributed by atoms with Gasteiger partial charge in [0, 0.05) is 5.41 Å². The van der Waals surface area contributed by atoms with E-state index in [1.54, 1.807) is 13.8 Å². The summed E-state index contributed by atoms with van der Waals surface area (Å²) in [4.78, 5) is 0. The molecular formula is C35H41B2O4. The highest BCUT2D eigenvalue weighted by molar-refractivity contribution is 6.65. The lowest BCUT2D eigenvalue weighted by Gasteiger charge is -2.37. The normalized spacial score (nSPS) is 19.0. The minimum atomic E-state index is -1.01. The summed E-state index contributed by atoms with van der Waals surface area (Å²) >= 11 is 0. The molecule has 4 nitrogen and oxygen atoms in total. The molecule has 0 aromatic heterocycles. The van der Waals surface area contributed by atoms with Crippen LogP contribution in [0.5, 0.6) is 0 Å². The van der Waals surface area contributed by atoms with Gasteiger partial charge in [0.05, 0.1) is 22.4 Å². The Labute approximate surface area is 245 Å². The molecule has 211 valence electrons. The maximum atomic E-state index is 10.7. The van der Waals surface area contributed by atoms with Gasteiger partial charge in [-0.05, 0) is 110 Å². The third kappa shape index (κ3) is 4.21. The fourth-order valence-corrected chi connectivity index (χ4v) is 6.09. The van der Waals surface area contributed by atoms with E-state index in [0.717, 1.165) is 21.7 Å². The number of aliphatic hydroxyl groups is 1. The quantitative estimate of drug-likeness (QED) is 0.294. The summed E-state index contributed by atoms with van der Waals surface area (Å²) in [6.45, 7) is 20.4. The molecule has 4 aromatic rings. The summed E-state index contributed by atoms with van der Waals surface area (Å²) < 4.78 is 19.4. The highest BCUT2D eigenvalue weighted by Crippen LogP contribution is 2.53. The molecule has 0 saturated carbocycles. The first kappa shape index (κ1) is 28.5. The van der Waals surface area contributed by atoms with Crippen LogP contribution in [0, 0.1) is 0 Å². The third-order valence-corrected chi connectivity index (χ3v) is 10.2. The van der Waals surface area contributed by atoms with Gasteiger partial charge in [-0.1, -0.05) is 74.5 Å². The Kier molecular flexibility index (Phi) is 6.21. The van der Waals surface area contributed by atoms with Crippen LogP contribution in [0.25, 0.3) is 32.7 Å². The van der Waals surface area contributed by atoms with Crippen LogP contribution >= 0.6 is 0 Å². The Morgan fingerprint density at radius 3 is 1.71 bits per heavy atom. The van der Waals surface area contributed by atoms with Crippen molar-refractivity contribution in [2.75, 3.05) is 0 Å². The van der Waals surface area contributed by atoms with Crippen LogP contribution in [0.1, 0.15) is 80.4 Å². The number of hydrogen-bond donors (Lipinski definition) is 1. The molecule has 1 heterocycles. The zero-order chi connectivity index (χ0) is 29.8. The maximum absolute atomic E-state index is 10.7. The second-order valence-corrected chi connectivity index (χ2v) is 14.4. The van der Waals surface area contributed by atoms with Crippen molar-refractivity contribution < 1.29 is 19.1 Å². The molecule has 0 unspecified atom stereocenters. The smallest absolute Gasteiger partial charge is 0.427 e. The zero-order valence-electron chi connectivity index (χ0n) is 26.1. The molecule has 1 fully saturated rings. The largest absolute Gasteiger partial charge is 0.495 e. The molecule has 6 heteroatoms. The van der Waals surface area contributed by atoms with E-state index >= 15 is 0 Å². The molecule has 4 aromatic carbocycles. The Morgan fingerprint density at radius 2 is 1.17 bits per heavy atom. The second-order valence-electron chi connectivity index (χ2n) is 14.4. The Hall–Kier alpha value is -2.63. The van der Waals surface area contributed by atoms with Crippen molar-refractivity contribution in [1.29, 1.82) is 0 Å². The van der Waals surface area contributed by atoms with Crippen LogP contribution < -0.4 is 10.9 Å². The lowest BCUT2D eigenvalue weighted by atomic mass is 9.71. The summed E-state index contributed by atoms with van der Waals surface area (Å²) in [7, 11) is 1.38. The van der Waals surface area contributed by atoms with E-state index in [1.807, 2.05) is 21.3 Å². The van der Waals surface area contributed by atoms with E-state index in [2.05, 4.69) is 102 Å². The van der Waals surface area contributed by atoms with E-state index in [9.17, 15) is 5.11 Å². The van der Waals surface area contributed by atoms with Gasteiger partial charge in [-0.3, -0.25) is 0 Å². The summed E-state index contributed by atoms with van der Waals surface area (Å²) in [5.74, 6) is 0. The van der Waals surface area contributed by atoms with Crippen LogP contribution in [0.3, 0.4) is 0 Å². The van der Waals surface area contributed by atoms with Crippen molar-refractivity contribution in [2.45, 2.75) is 97.1 Å². The molecule has 0 spiro atoms. The summed E-state index contributed by atoms with van der Waals surface area (Å²) in [6, 6.07) is 21.8. The topological polar surface area (TPSA) is 47.9 Å². The van der Waals surface area contributed by atoms with Gasteiger partial charge in [0.15, 0.2) is 0 Å². The first-order valence-corrected chi connectivity index (χ1v) is 14.7. The van der Waals surface area contributed by atoms with Gasteiger partial charge in [-0.2, -0.15) is 0 Å². The van der Waals surface area contributed by atoms with Crippen molar-refractivity contribution in [2.24, 2.45) is 0 Å². The number of rotatable bonds is 5. The van der Waals surface area contributed by atoms with Gasteiger partial charge < -0.3 is 19.1 Å². The Balaban J connectivity index is 1.57. The first-order valence-electron chi connectivity index (χ1n) is 14.7. The molecule has 41 heavy (non-hydrogen) atoms. The lowest BCUT2D eigenvalue weighted by molar-refractivity contribution is -0.0893. The van der Waals surface area contributed by atoms with E-state index < -0.39 is 29.5 Å². The van der Waals surface area contributed by atoms with Gasteiger partial charge in [-0.15, -0.1) is 0 Å². The third-order valence-electron chi connectivity index (χ3n) is 10.2. The second kappa shape index (κ2) is 8.94. The van der Waals surface area contributed by atoms with Crippen molar-refractivity contribution in [3.05, 3.63) is 71.8 Å². The van der Waals surface area contributed by atoms with Crippen LogP contribution in [0.4, 0.5) is 0 Å². The molecule has 1 saturated heterocycles. The summed E-state index contributed by atoms with van der Waals surface area (Å²) in [5.41, 5.74) is 4.28. The fourth-order valence-electron chi connectivity index (χ4n) is 6.09. The molecule has 2 aliphatic rings. The standard InChI is InChI=1S/C35H41B2O4/c1-31(2)25-19-27(36-39-33(5,6)32(3,4)38)21-15-11-13-17-23(21)29(25)30-24-18-14-12-16-22(24)28(20-26(30)31)37-40-34(7,8)35(9,10)41-37/h11-20,38H,1-10H3. The van der Waals surface area contributed by atoms with Crippen LogP contribution in [-0.2, 0) is 19.4 Å². The van der Waals surface area contributed by atoms with E-state index in [1.165, 1.54) is 33.0 Å². The molecule has 0 atom stereocenters. The molecule has 0 amide bonds. The summed E-state index contributed by atoms with van der Waals surface area (Å²) in [6.07, 6.45) is 0. The molecule has 1 N–H and O–H groups in total. The highest BCUT2D eigenvalue weighted by Gasteiger charge is 2.53. The number of fused-ring (bicyclic) bond motifs is 7. The first-order chi connectivity index (χ1) is 19.0. The monoisotopic (exact) mass is 547 g/mol. The highest BCUT2D eigenvalue weighted by atomic mass is 16.7. The Morgan fingerprint density at radius 1 is 0.707 bits per heavy atom. The maximum Gasteiger partial charge on any atom is 0.495 e. The van der Waals surface area contributed by atoms with E-state index in [0.29, 0.717) is 0 Å². The van der Waals surface area contributed by atoms with Gasteiger partial charge in [0.2, 0.25) is 0 Å². The van der Waals surface area contributed by atoms with Gasteiger partial charge in [0.1, 0.15) is 0 Å². The van der Waals surface area contributed by atoms with Crippen molar-refractivity contribution in [3.8, 4) is 11.1 Å². The zero-order valence-corrected chi connectivity index (χ0v) is 26.1. The van der Waals surface area contributed by atoms with Gasteiger partial charge in [0.25, 0.3) is 0 Å². The van der Waals surface area contributed by atoms with Crippen LogP contribution in [-0.4, -0.2) is 42.1 Å². The van der Waals surface area contributed by atoms with E-state index in [-0.39, 0.29) is 5.41 Å². The predicted octanol–water partition coefficient (Wildman–Crippen LogP) is 6.41. The van der Waals surface area contributed by atoms with E-state index in [4.69, 9.17) is 14.0 Å². The van der Waals surface area contributed by atoms with Gasteiger partial charge >= 0.3 is 14.6 Å². The van der Waals surface area contributed by atoms with Crippen molar-refractivity contribution in [1.82, 2.24) is 0 Å². The molecule has 1 aliphatic carbocycles. The average molecular weight is 547 g/mol. The average Bonchev–Trinajstić information content (AvgIpc) is 3.25. The number of hydrogen-bond acceptors (Lipinski definition) is 4. The van der Waals surface area contributed by atoms with Crippen LogP contribution in [0.2, 0.25) is 0 Å². The minimum Gasteiger partial charge on any atom is -0.427 e. The predicted molar refractivity (Wildman–Crippen MR) is 172 cm³/mol. The molecule has 0 bridgehead atoms. The molecule has 1 aliphatic heterocycles. The van der Waals surface area contributed by atoms with Crippen molar-refractivity contribution in [3.63, 3.8) is 0 Å². The lowest BCUT2D eigenvalue weighted by Crippen LogP contribution is -2.49. The molecular weight excluding hydrogens is 506 g/mol. The van der Waals surface area contributed by atoms with Crippen LogP contribution in [0.15, 0.2) is 60.7 Å². The minimum absolute atomic E-state index is 0.272. The fraction of sp³-hybridized carbons (Fsp3) is 0.429.